The zero-order valence-corrected chi connectivity index (χ0v) is 34.3. The molecule has 0 radical (unpaired) electrons. The summed E-state index contributed by atoms with van der Waals surface area (Å²) in [4.78, 5) is 57.3. The second-order valence-corrected chi connectivity index (χ2v) is 15.4. The summed E-state index contributed by atoms with van der Waals surface area (Å²) < 4.78 is 12.1. The number of benzene rings is 6. The molecule has 2 atom stereocenters. The number of carbonyl (C=O) groups excluding carboxylic acids is 4. The van der Waals surface area contributed by atoms with Crippen LogP contribution in [-0.4, -0.2) is 58.6 Å². The lowest BCUT2D eigenvalue weighted by molar-refractivity contribution is -0.136. The summed E-state index contributed by atoms with van der Waals surface area (Å²) in [6, 6.07) is 47.9. The van der Waals surface area contributed by atoms with Crippen LogP contribution >= 0.6 is 0 Å². The van der Waals surface area contributed by atoms with E-state index in [-0.39, 0.29) is 36.5 Å². The average molecular weight is 825 g/mol. The van der Waals surface area contributed by atoms with Crippen molar-refractivity contribution >= 4 is 47.2 Å². The fourth-order valence-electron chi connectivity index (χ4n) is 7.93. The van der Waals surface area contributed by atoms with Gasteiger partial charge in [0.25, 0.3) is 0 Å². The Morgan fingerprint density at radius 3 is 1.26 bits per heavy atom. The lowest BCUT2D eigenvalue weighted by atomic mass is 10.1. The molecule has 0 spiro atoms. The summed E-state index contributed by atoms with van der Waals surface area (Å²) in [5.41, 5.74) is 4.72. The third-order valence-electron chi connectivity index (χ3n) is 11.1. The smallest absolute Gasteiger partial charge is 0.247 e. The third-order valence-corrected chi connectivity index (χ3v) is 11.1. The molecule has 0 bridgehead atoms. The van der Waals surface area contributed by atoms with Crippen molar-refractivity contribution in [1.82, 2.24) is 9.80 Å². The minimum atomic E-state index is -0.550. The first kappa shape index (κ1) is 41.3. The first-order valence-electron chi connectivity index (χ1n) is 21.1. The van der Waals surface area contributed by atoms with E-state index in [9.17, 15) is 19.2 Å². The van der Waals surface area contributed by atoms with Crippen LogP contribution in [0.3, 0.4) is 0 Å². The minimum absolute atomic E-state index is 0.112. The topological polar surface area (TPSA) is 117 Å². The molecule has 312 valence electrons. The number of nitrogens with zero attached hydrogens (tertiary/aromatic N) is 2. The highest BCUT2D eigenvalue weighted by Crippen LogP contribution is 2.30. The van der Waals surface area contributed by atoms with Crippen LogP contribution in [0.5, 0.6) is 23.0 Å². The van der Waals surface area contributed by atoms with Crippen LogP contribution in [0.2, 0.25) is 0 Å². The fraction of sp³-hybridized carbons (Fsp3) is 0.192. The van der Waals surface area contributed by atoms with Gasteiger partial charge in [-0.3, -0.25) is 19.2 Å². The van der Waals surface area contributed by atoms with Gasteiger partial charge in [-0.25, -0.2) is 0 Å². The maximum atomic E-state index is 13.5. The van der Waals surface area contributed by atoms with Crippen molar-refractivity contribution in [1.29, 1.82) is 0 Å². The molecule has 62 heavy (non-hydrogen) atoms. The number of carbonyl (C=O) groups is 4. The van der Waals surface area contributed by atoms with E-state index >= 15 is 0 Å². The second-order valence-electron chi connectivity index (χ2n) is 15.4. The van der Waals surface area contributed by atoms with Crippen molar-refractivity contribution in [3.8, 4) is 23.0 Å². The van der Waals surface area contributed by atoms with Gasteiger partial charge in [-0.05, 0) is 97.5 Å². The van der Waals surface area contributed by atoms with Gasteiger partial charge in [0, 0.05) is 35.6 Å². The van der Waals surface area contributed by atoms with E-state index in [1.165, 1.54) is 0 Å². The average Bonchev–Trinajstić information content (AvgIpc) is 4.01. The zero-order valence-electron chi connectivity index (χ0n) is 34.3. The summed E-state index contributed by atoms with van der Waals surface area (Å²) >= 11 is 0. The first-order valence-corrected chi connectivity index (χ1v) is 21.1. The monoisotopic (exact) mass is 824 g/mol. The highest BCUT2D eigenvalue weighted by Gasteiger charge is 2.35. The summed E-state index contributed by atoms with van der Waals surface area (Å²) in [6.07, 6.45) is 6.93. The van der Waals surface area contributed by atoms with Crippen LogP contribution in [0.1, 0.15) is 47.9 Å². The zero-order chi connectivity index (χ0) is 42.7. The normalized spacial score (nSPS) is 15.9. The lowest BCUT2D eigenvalue weighted by Crippen LogP contribution is -2.43. The molecule has 6 aromatic rings. The van der Waals surface area contributed by atoms with E-state index in [4.69, 9.17) is 9.47 Å². The number of nitrogens with one attached hydrogen (secondary N) is 2. The summed E-state index contributed by atoms with van der Waals surface area (Å²) in [7, 11) is 0. The van der Waals surface area contributed by atoms with Gasteiger partial charge in [0.2, 0.25) is 23.6 Å². The van der Waals surface area contributed by atoms with Crippen LogP contribution in [0.15, 0.2) is 158 Å². The molecule has 2 fully saturated rings. The Morgan fingerprint density at radius 1 is 0.484 bits per heavy atom. The van der Waals surface area contributed by atoms with Crippen LogP contribution < -0.4 is 20.1 Å². The predicted octanol–water partition coefficient (Wildman–Crippen LogP) is 9.79. The van der Waals surface area contributed by atoms with E-state index in [0.29, 0.717) is 60.3 Å². The molecule has 2 saturated heterocycles. The van der Waals surface area contributed by atoms with Crippen LogP contribution in [0.4, 0.5) is 11.4 Å². The Morgan fingerprint density at radius 2 is 0.855 bits per heavy atom. The SMILES string of the molecule is O=C(Nc1ccc(/C=C/c2ccc(NC(=O)[C@@H]3CCCN3C(=O)Cc3ccccc3Oc3ccccc3)cc2)cc1)[C@@H]1CCCN1C(=O)Cc1ccccc1Oc1ccccc1. The van der Waals surface area contributed by atoms with Gasteiger partial charge in [0.1, 0.15) is 35.1 Å². The largest absolute Gasteiger partial charge is 0.457 e. The Balaban J connectivity index is 0.813. The summed E-state index contributed by atoms with van der Waals surface area (Å²) in [6.45, 7) is 1.05. The number of para-hydroxylation sites is 4. The van der Waals surface area contributed by atoms with E-state index in [1.54, 1.807) is 9.80 Å². The Labute approximate surface area is 361 Å². The molecule has 6 aromatic carbocycles. The van der Waals surface area contributed by atoms with Crippen molar-refractivity contribution < 1.29 is 28.7 Å². The predicted molar refractivity (Wildman–Crippen MR) is 242 cm³/mol. The van der Waals surface area contributed by atoms with Crippen molar-refractivity contribution in [3.05, 3.63) is 180 Å². The number of amides is 4. The number of ether oxygens (including phenoxy) is 2. The molecule has 0 unspecified atom stereocenters. The maximum Gasteiger partial charge on any atom is 0.247 e. The van der Waals surface area contributed by atoms with Crippen molar-refractivity contribution in [2.24, 2.45) is 0 Å². The molecule has 10 heteroatoms. The maximum absolute atomic E-state index is 13.5. The molecular weight excluding hydrogens is 777 g/mol. The second kappa shape index (κ2) is 19.7. The molecule has 2 aliphatic rings. The van der Waals surface area contributed by atoms with E-state index in [0.717, 1.165) is 35.1 Å². The number of likely N-dealkylation sites (tertiary alicyclic amines) is 2. The van der Waals surface area contributed by atoms with E-state index in [1.807, 2.05) is 170 Å². The summed E-state index contributed by atoms with van der Waals surface area (Å²) in [5.74, 6) is 1.99. The van der Waals surface area contributed by atoms with Gasteiger partial charge in [0.05, 0.1) is 12.8 Å². The first-order chi connectivity index (χ1) is 30.4. The highest BCUT2D eigenvalue weighted by atomic mass is 16.5. The minimum Gasteiger partial charge on any atom is -0.457 e. The Hall–Kier alpha value is -7.46. The number of rotatable bonds is 14. The fourth-order valence-corrected chi connectivity index (χ4v) is 7.93. The number of anilines is 2. The lowest BCUT2D eigenvalue weighted by Gasteiger charge is -2.24. The van der Waals surface area contributed by atoms with E-state index in [2.05, 4.69) is 10.6 Å². The molecular formula is C52H48N4O6. The molecule has 10 nitrogen and oxygen atoms in total. The molecule has 8 rings (SSSR count). The quantitative estimate of drug-likeness (QED) is 0.106. The molecule has 0 aliphatic carbocycles. The summed E-state index contributed by atoms with van der Waals surface area (Å²) in [5, 5.41) is 6.01. The van der Waals surface area contributed by atoms with Gasteiger partial charge >= 0.3 is 0 Å². The molecule has 2 aliphatic heterocycles. The molecule has 0 saturated carbocycles. The van der Waals surface area contributed by atoms with Gasteiger partial charge in [-0.2, -0.15) is 0 Å². The molecule has 4 amide bonds. The van der Waals surface area contributed by atoms with Gasteiger partial charge in [-0.15, -0.1) is 0 Å². The van der Waals surface area contributed by atoms with Gasteiger partial charge < -0.3 is 29.9 Å². The Kier molecular flexibility index (Phi) is 13.1. The van der Waals surface area contributed by atoms with Crippen LogP contribution in [0.25, 0.3) is 12.2 Å². The molecule has 2 N–H and O–H groups in total. The third kappa shape index (κ3) is 10.5. The van der Waals surface area contributed by atoms with E-state index < -0.39 is 12.1 Å². The van der Waals surface area contributed by atoms with Gasteiger partial charge in [0.15, 0.2) is 0 Å². The number of hydrogen-bond donors (Lipinski definition) is 2. The van der Waals surface area contributed by atoms with Crippen molar-refractivity contribution in [3.63, 3.8) is 0 Å². The van der Waals surface area contributed by atoms with Crippen LogP contribution in [-0.2, 0) is 32.0 Å². The molecule has 0 aromatic heterocycles. The molecule has 2 heterocycles. The van der Waals surface area contributed by atoms with Crippen molar-refractivity contribution in [2.45, 2.75) is 50.6 Å². The van der Waals surface area contributed by atoms with Crippen LogP contribution in [0, 0.1) is 0 Å². The standard InChI is InChI=1S/C52H48N4O6/c57-49(35-39-13-7-9-21-47(39)61-43-15-3-1-4-16-43)55-33-11-19-45(55)51(59)53-41-29-25-37(26-30-41)23-24-38-27-31-42(32-28-38)54-52(60)46-20-12-34-56(46)50(58)36-40-14-8-10-22-48(40)62-44-17-5-2-6-18-44/h1-10,13-18,21-32,45-46H,11-12,19-20,33-36H2,(H,53,59)(H,54,60)/b24-23+/t45-,46-/m0/s1. The van der Waals surface area contributed by atoms with Gasteiger partial charge in [-0.1, -0.05) is 109 Å². The Bertz CT molecular complexity index is 2350. The highest BCUT2D eigenvalue weighted by molar-refractivity contribution is 5.99. The number of hydrogen-bond acceptors (Lipinski definition) is 6. The van der Waals surface area contributed by atoms with Crippen molar-refractivity contribution in [2.75, 3.05) is 23.7 Å².